The van der Waals surface area contributed by atoms with E-state index in [0.29, 0.717) is 6.07 Å². The Morgan fingerprint density at radius 3 is 2.64 bits per heavy atom. The third-order valence-electron chi connectivity index (χ3n) is 1.50. The van der Waals surface area contributed by atoms with E-state index in [9.17, 15) is 18.0 Å². The number of nitrogens with zero attached hydrogens (tertiary/aromatic N) is 1. The molecule has 0 amide bonds. The molecule has 1 aromatic rings. The fourth-order valence-corrected chi connectivity index (χ4v) is 0.825. The molecule has 0 aliphatic heterocycles. The summed E-state index contributed by atoms with van der Waals surface area (Å²) in [6.45, 7) is 0. The normalized spacial score (nSPS) is 10.4. The van der Waals surface area contributed by atoms with Crippen LogP contribution in [0.2, 0.25) is 0 Å². The molecule has 0 radical (unpaired) electrons. The summed E-state index contributed by atoms with van der Waals surface area (Å²) < 4.78 is 41.2. The summed E-state index contributed by atoms with van der Waals surface area (Å²) in [5, 5.41) is 0. The van der Waals surface area contributed by atoms with Gasteiger partial charge in [-0.3, -0.25) is 4.98 Å². The number of methoxy groups -OCH3 is 1. The van der Waals surface area contributed by atoms with Gasteiger partial charge < -0.3 is 4.74 Å². The number of carbonyl (C=O) groups is 1. The molecule has 0 bridgehead atoms. The van der Waals surface area contributed by atoms with Gasteiger partial charge in [0.25, 0.3) is 6.43 Å². The average Bonchev–Trinajstić information content (AvgIpc) is 2.16. The number of carbonyl (C=O) groups excluding carboxylic acids is 1. The Kier molecular flexibility index (Phi) is 3.06. The van der Waals surface area contributed by atoms with Gasteiger partial charge >= 0.3 is 5.97 Å². The highest BCUT2D eigenvalue weighted by Crippen LogP contribution is 2.18. The lowest BCUT2D eigenvalue weighted by atomic mass is 10.2. The smallest absolute Gasteiger partial charge is 0.342 e. The highest BCUT2D eigenvalue weighted by atomic mass is 19.3. The minimum atomic E-state index is -2.86. The number of pyridine rings is 1. The van der Waals surface area contributed by atoms with E-state index in [0.717, 1.165) is 13.3 Å². The molecule has 6 heteroatoms. The predicted octanol–water partition coefficient (Wildman–Crippen LogP) is 1.94. The van der Waals surface area contributed by atoms with Crippen LogP contribution in [-0.4, -0.2) is 18.1 Å². The van der Waals surface area contributed by atoms with Crippen LogP contribution in [0.1, 0.15) is 22.5 Å². The number of alkyl halides is 2. The molecule has 0 saturated carbocycles. The van der Waals surface area contributed by atoms with Crippen LogP contribution in [0.15, 0.2) is 12.3 Å². The molecular formula is C8H6F3NO2. The molecule has 0 aliphatic carbocycles. The van der Waals surface area contributed by atoms with Gasteiger partial charge in [0, 0.05) is 12.3 Å². The van der Waals surface area contributed by atoms with Crippen molar-refractivity contribution in [2.45, 2.75) is 6.43 Å². The number of rotatable bonds is 2. The minimum absolute atomic E-state index is 0.461. The third kappa shape index (κ3) is 2.01. The van der Waals surface area contributed by atoms with Crippen LogP contribution in [0.5, 0.6) is 0 Å². The van der Waals surface area contributed by atoms with Gasteiger partial charge in [-0.25, -0.2) is 18.0 Å². The van der Waals surface area contributed by atoms with E-state index in [-0.39, 0.29) is 0 Å². The number of halogens is 3. The second kappa shape index (κ2) is 4.08. The van der Waals surface area contributed by atoms with Gasteiger partial charge in [-0.2, -0.15) is 0 Å². The highest BCUT2D eigenvalue weighted by molar-refractivity contribution is 5.89. The van der Waals surface area contributed by atoms with Crippen molar-refractivity contribution in [2.75, 3.05) is 7.11 Å². The van der Waals surface area contributed by atoms with E-state index in [2.05, 4.69) is 9.72 Å². The fraction of sp³-hybridized carbons (Fsp3) is 0.250. The molecule has 0 unspecified atom stereocenters. The first-order valence-electron chi connectivity index (χ1n) is 3.58. The van der Waals surface area contributed by atoms with Crippen molar-refractivity contribution in [3.63, 3.8) is 0 Å². The van der Waals surface area contributed by atoms with E-state index in [4.69, 9.17) is 0 Å². The summed E-state index contributed by atoms with van der Waals surface area (Å²) in [5.41, 5.74) is -1.17. The molecule has 0 saturated heterocycles. The topological polar surface area (TPSA) is 39.2 Å². The number of hydrogen-bond donors (Lipinski definition) is 0. The first-order valence-corrected chi connectivity index (χ1v) is 3.58. The number of hydrogen-bond acceptors (Lipinski definition) is 3. The standard InChI is InChI=1S/C8H6F3NO2/c1-14-8(13)4-3-12-6(7(10)11)2-5(4)9/h2-3,7H,1H3. The Morgan fingerprint density at radius 2 is 2.21 bits per heavy atom. The van der Waals surface area contributed by atoms with Gasteiger partial charge in [0.05, 0.1) is 7.11 Å². The van der Waals surface area contributed by atoms with Gasteiger partial charge in [-0.05, 0) is 0 Å². The van der Waals surface area contributed by atoms with Crippen molar-refractivity contribution in [3.8, 4) is 0 Å². The molecule has 76 valence electrons. The zero-order chi connectivity index (χ0) is 10.7. The first-order chi connectivity index (χ1) is 6.56. The summed E-state index contributed by atoms with van der Waals surface area (Å²) in [6.07, 6.45) is -2.14. The van der Waals surface area contributed by atoms with Crippen molar-refractivity contribution in [1.29, 1.82) is 0 Å². The van der Waals surface area contributed by atoms with E-state index in [1.54, 1.807) is 0 Å². The Morgan fingerprint density at radius 1 is 1.57 bits per heavy atom. The summed E-state index contributed by atoms with van der Waals surface area (Å²) in [7, 11) is 1.06. The van der Waals surface area contributed by atoms with Crippen LogP contribution < -0.4 is 0 Å². The molecule has 0 aromatic carbocycles. The highest BCUT2D eigenvalue weighted by Gasteiger charge is 2.16. The maximum atomic E-state index is 13.0. The summed E-state index contributed by atoms with van der Waals surface area (Å²) in [6, 6.07) is 0.511. The molecule has 3 nitrogen and oxygen atoms in total. The van der Waals surface area contributed by atoms with Gasteiger partial charge in [-0.15, -0.1) is 0 Å². The number of ether oxygens (including phenoxy) is 1. The molecule has 14 heavy (non-hydrogen) atoms. The van der Waals surface area contributed by atoms with Gasteiger partial charge in [0.1, 0.15) is 17.1 Å². The SMILES string of the molecule is COC(=O)c1cnc(C(F)F)cc1F. The van der Waals surface area contributed by atoms with Crippen LogP contribution in [0.3, 0.4) is 0 Å². The molecule has 0 N–H and O–H groups in total. The second-order valence-electron chi connectivity index (χ2n) is 2.38. The molecule has 0 spiro atoms. The number of esters is 1. The van der Waals surface area contributed by atoms with Crippen molar-refractivity contribution in [3.05, 3.63) is 29.3 Å². The zero-order valence-electron chi connectivity index (χ0n) is 7.13. The lowest BCUT2D eigenvalue weighted by Crippen LogP contribution is -2.06. The largest absolute Gasteiger partial charge is 0.465 e. The first kappa shape index (κ1) is 10.5. The molecule has 1 heterocycles. The minimum Gasteiger partial charge on any atom is -0.465 e. The second-order valence-corrected chi connectivity index (χ2v) is 2.38. The zero-order valence-corrected chi connectivity index (χ0v) is 7.13. The predicted molar refractivity (Wildman–Crippen MR) is 40.5 cm³/mol. The van der Waals surface area contributed by atoms with Gasteiger partial charge in [0.15, 0.2) is 0 Å². The lowest BCUT2D eigenvalue weighted by molar-refractivity contribution is 0.0594. The molecule has 1 rings (SSSR count). The van der Waals surface area contributed by atoms with Gasteiger partial charge in [-0.1, -0.05) is 0 Å². The van der Waals surface area contributed by atoms with E-state index in [1.165, 1.54) is 0 Å². The molecule has 1 aromatic heterocycles. The average molecular weight is 205 g/mol. The molecule has 0 aliphatic rings. The van der Waals surface area contributed by atoms with Gasteiger partial charge in [0.2, 0.25) is 0 Å². The summed E-state index contributed by atoms with van der Waals surface area (Å²) in [5.74, 6) is -2.02. The van der Waals surface area contributed by atoms with Crippen LogP contribution >= 0.6 is 0 Å². The Hall–Kier alpha value is -1.59. The monoisotopic (exact) mass is 205 g/mol. The van der Waals surface area contributed by atoms with Crippen molar-refractivity contribution < 1.29 is 22.7 Å². The third-order valence-corrected chi connectivity index (χ3v) is 1.50. The molecule has 0 fully saturated rings. The Balaban J connectivity index is 3.07. The molecular weight excluding hydrogens is 199 g/mol. The fourth-order valence-electron chi connectivity index (χ4n) is 0.825. The van der Waals surface area contributed by atoms with E-state index < -0.39 is 29.5 Å². The Labute approximate surface area is 77.5 Å². The lowest BCUT2D eigenvalue weighted by Gasteiger charge is -2.02. The molecule has 0 atom stereocenters. The quantitative estimate of drug-likeness (QED) is 0.692. The van der Waals surface area contributed by atoms with Crippen molar-refractivity contribution >= 4 is 5.97 Å². The van der Waals surface area contributed by atoms with Crippen LogP contribution in [-0.2, 0) is 4.74 Å². The summed E-state index contributed by atoms with van der Waals surface area (Å²) in [4.78, 5) is 14.0. The summed E-state index contributed by atoms with van der Waals surface area (Å²) >= 11 is 0. The van der Waals surface area contributed by atoms with Crippen molar-refractivity contribution in [2.24, 2.45) is 0 Å². The van der Waals surface area contributed by atoms with Crippen molar-refractivity contribution in [1.82, 2.24) is 4.98 Å². The van der Waals surface area contributed by atoms with Crippen LogP contribution in [0.25, 0.3) is 0 Å². The van der Waals surface area contributed by atoms with Crippen LogP contribution in [0.4, 0.5) is 13.2 Å². The van der Waals surface area contributed by atoms with Crippen LogP contribution in [0, 0.1) is 5.82 Å². The van der Waals surface area contributed by atoms with E-state index in [1.807, 2.05) is 0 Å². The van der Waals surface area contributed by atoms with E-state index >= 15 is 0 Å². The maximum Gasteiger partial charge on any atom is 0.342 e. The number of aromatic nitrogens is 1. The maximum absolute atomic E-state index is 13.0. The Bertz CT molecular complexity index is 354.